The van der Waals surface area contributed by atoms with E-state index < -0.39 is 15.9 Å². The molecule has 8 heteroatoms. The van der Waals surface area contributed by atoms with E-state index in [1.54, 1.807) is 24.0 Å². The Morgan fingerprint density at radius 1 is 1.13 bits per heavy atom. The molecule has 2 atom stereocenters. The van der Waals surface area contributed by atoms with Crippen molar-refractivity contribution in [3.63, 3.8) is 0 Å². The van der Waals surface area contributed by atoms with Crippen LogP contribution in [0.15, 0.2) is 53.4 Å². The molecule has 1 aliphatic heterocycles. The van der Waals surface area contributed by atoms with Gasteiger partial charge >= 0.3 is 0 Å². The molecule has 0 saturated carbocycles. The normalized spacial score (nSPS) is 17.6. The summed E-state index contributed by atoms with van der Waals surface area (Å²) in [4.78, 5) is 26.9. The zero-order valence-electron chi connectivity index (χ0n) is 18.1. The Labute approximate surface area is 183 Å². The van der Waals surface area contributed by atoms with Crippen LogP contribution in [-0.4, -0.2) is 44.8 Å². The van der Waals surface area contributed by atoms with Gasteiger partial charge < -0.3 is 10.2 Å². The Balaban J connectivity index is 1.50. The third kappa shape index (κ3) is 5.51. The summed E-state index contributed by atoms with van der Waals surface area (Å²) < 4.78 is 27.6. The van der Waals surface area contributed by atoms with E-state index in [1.165, 1.54) is 0 Å². The van der Waals surface area contributed by atoms with Gasteiger partial charge in [0.05, 0.1) is 16.9 Å². The molecular weight excluding hydrogens is 414 g/mol. The summed E-state index contributed by atoms with van der Waals surface area (Å²) >= 11 is 0. The zero-order chi connectivity index (χ0) is 22.6. The Kier molecular flexibility index (Phi) is 7.12. The number of carbonyl (C=O) groups is 2. The Morgan fingerprint density at radius 3 is 2.55 bits per heavy atom. The van der Waals surface area contributed by atoms with Crippen molar-refractivity contribution in [1.29, 1.82) is 0 Å². The van der Waals surface area contributed by atoms with E-state index in [9.17, 15) is 18.0 Å². The number of rotatable bonds is 8. The smallest absolute Gasteiger partial charge is 0.240 e. The van der Waals surface area contributed by atoms with Crippen LogP contribution in [0.4, 0.5) is 0 Å². The Hall–Kier alpha value is -2.71. The third-order valence-electron chi connectivity index (χ3n) is 5.63. The highest BCUT2D eigenvalue weighted by atomic mass is 32.2. The quantitative estimate of drug-likeness (QED) is 0.612. The molecular formula is C23H29N3O4S. The summed E-state index contributed by atoms with van der Waals surface area (Å²) in [7, 11) is -3.65. The summed E-state index contributed by atoms with van der Waals surface area (Å²) in [6.07, 6.45) is 0.164. The fourth-order valence-corrected chi connectivity index (χ4v) is 5.14. The second-order valence-corrected chi connectivity index (χ2v) is 9.73. The van der Waals surface area contributed by atoms with E-state index in [0.717, 1.165) is 11.1 Å². The summed E-state index contributed by atoms with van der Waals surface area (Å²) in [5.74, 6) is -0.719. The molecule has 1 aliphatic rings. The lowest BCUT2D eigenvalue weighted by Gasteiger charge is -2.25. The van der Waals surface area contributed by atoms with Gasteiger partial charge in [-0.25, -0.2) is 13.1 Å². The molecule has 2 aromatic carbocycles. The number of carbonyl (C=O) groups excluding carboxylic acids is 2. The van der Waals surface area contributed by atoms with Crippen molar-refractivity contribution < 1.29 is 18.0 Å². The summed E-state index contributed by atoms with van der Waals surface area (Å²) in [5, 5.41) is 2.75. The maximum Gasteiger partial charge on any atom is 0.240 e. The first-order chi connectivity index (χ1) is 14.7. The van der Waals surface area contributed by atoms with Gasteiger partial charge in [-0.3, -0.25) is 9.59 Å². The molecule has 166 valence electrons. The highest BCUT2D eigenvalue weighted by Crippen LogP contribution is 2.28. The Bertz CT molecular complexity index is 1050. The number of hydrogen-bond acceptors (Lipinski definition) is 4. The summed E-state index contributed by atoms with van der Waals surface area (Å²) in [6, 6.07) is 14.9. The number of sulfonamides is 1. The number of aryl methyl sites for hydroxylation is 2. The van der Waals surface area contributed by atoms with Gasteiger partial charge in [0, 0.05) is 26.1 Å². The number of amides is 2. The van der Waals surface area contributed by atoms with E-state index in [-0.39, 0.29) is 42.3 Å². The van der Waals surface area contributed by atoms with E-state index in [2.05, 4.69) is 10.0 Å². The third-order valence-corrected chi connectivity index (χ3v) is 7.23. The molecule has 3 rings (SSSR count). The topological polar surface area (TPSA) is 95.6 Å². The van der Waals surface area contributed by atoms with Crippen LogP contribution in [0.5, 0.6) is 0 Å². The van der Waals surface area contributed by atoms with Gasteiger partial charge in [0.25, 0.3) is 0 Å². The standard InChI is InChI=1S/C23H29N3O4S/c1-16-9-10-17(2)21(13-16)31(29,30)25-12-11-24-23(28)20-14-22(27)26(15-20)18(3)19-7-5-4-6-8-19/h4-10,13,18,20,25H,11-12,14-15H2,1-3H3,(H,24,28). The van der Waals surface area contributed by atoms with Crippen molar-refractivity contribution in [3.8, 4) is 0 Å². The Morgan fingerprint density at radius 2 is 1.84 bits per heavy atom. The van der Waals surface area contributed by atoms with Crippen LogP contribution in [0.1, 0.15) is 36.1 Å². The molecule has 0 aliphatic carbocycles. The number of nitrogens with one attached hydrogen (secondary N) is 2. The number of hydrogen-bond donors (Lipinski definition) is 2. The van der Waals surface area contributed by atoms with Gasteiger partial charge in [0.15, 0.2) is 0 Å². The van der Waals surface area contributed by atoms with Gasteiger partial charge in [-0.15, -0.1) is 0 Å². The molecule has 2 amide bonds. The highest BCUT2D eigenvalue weighted by molar-refractivity contribution is 7.89. The van der Waals surface area contributed by atoms with Crippen molar-refractivity contribution >= 4 is 21.8 Å². The van der Waals surface area contributed by atoms with E-state index in [4.69, 9.17) is 0 Å². The fraction of sp³-hybridized carbons (Fsp3) is 0.391. The van der Waals surface area contributed by atoms with E-state index in [0.29, 0.717) is 12.1 Å². The first-order valence-electron chi connectivity index (χ1n) is 10.4. The summed E-state index contributed by atoms with van der Waals surface area (Å²) in [6.45, 7) is 6.12. The van der Waals surface area contributed by atoms with Crippen LogP contribution in [0, 0.1) is 19.8 Å². The van der Waals surface area contributed by atoms with Crippen LogP contribution >= 0.6 is 0 Å². The van der Waals surface area contributed by atoms with Crippen LogP contribution in [0.25, 0.3) is 0 Å². The largest absolute Gasteiger partial charge is 0.354 e. The predicted octanol–water partition coefficient (Wildman–Crippen LogP) is 2.31. The van der Waals surface area contributed by atoms with E-state index in [1.807, 2.05) is 50.2 Å². The maximum absolute atomic E-state index is 12.5. The second kappa shape index (κ2) is 9.62. The van der Waals surface area contributed by atoms with Crippen molar-refractivity contribution in [1.82, 2.24) is 14.9 Å². The first kappa shape index (κ1) is 23.0. The lowest BCUT2D eigenvalue weighted by molar-refractivity contribution is -0.130. The van der Waals surface area contributed by atoms with Gasteiger partial charge in [-0.05, 0) is 43.5 Å². The molecule has 1 fully saturated rings. The van der Waals surface area contributed by atoms with Crippen LogP contribution in [-0.2, 0) is 19.6 Å². The molecule has 7 nitrogen and oxygen atoms in total. The monoisotopic (exact) mass is 443 g/mol. The minimum atomic E-state index is -3.65. The summed E-state index contributed by atoms with van der Waals surface area (Å²) in [5.41, 5.74) is 2.55. The van der Waals surface area contributed by atoms with Crippen molar-refractivity contribution in [2.24, 2.45) is 5.92 Å². The molecule has 1 heterocycles. The molecule has 0 radical (unpaired) electrons. The highest BCUT2D eigenvalue weighted by Gasteiger charge is 2.36. The maximum atomic E-state index is 12.5. The van der Waals surface area contributed by atoms with Crippen molar-refractivity contribution in [3.05, 3.63) is 65.2 Å². The predicted molar refractivity (Wildman–Crippen MR) is 119 cm³/mol. The number of benzene rings is 2. The molecule has 0 spiro atoms. The molecule has 2 N–H and O–H groups in total. The van der Waals surface area contributed by atoms with Crippen molar-refractivity contribution in [2.75, 3.05) is 19.6 Å². The lowest BCUT2D eigenvalue weighted by atomic mass is 10.1. The van der Waals surface area contributed by atoms with Crippen LogP contribution in [0.3, 0.4) is 0 Å². The molecule has 2 unspecified atom stereocenters. The molecule has 0 aromatic heterocycles. The SMILES string of the molecule is Cc1ccc(C)c(S(=O)(=O)NCCNC(=O)C2CC(=O)N(C(C)c3ccccc3)C2)c1. The van der Waals surface area contributed by atoms with Gasteiger partial charge in [0.2, 0.25) is 21.8 Å². The first-order valence-corrected chi connectivity index (χ1v) is 11.9. The van der Waals surface area contributed by atoms with Gasteiger partial charge in [-0.2, -0.15) is 0 Å². The van der Waals surface area contributed by atoms with Crippen molar-refractivity contribution in [2.45, 2.75) is 38.1 Å². The number of nitrogens with zero attached hydrogens (tertiary/aromatic N) is 1. The number of likely N-dealkylation sites (tertiary alicyclic amines) is 1. The molecule has 31 heavy (non-hydrogen) atoms. The minimum absolute atomic E-state index is 0.0490. The van der Waals surface area contributed by atoms with Gasteiger partial charge in [-0.1, -0.05) is 42.5 Å². The second-order valence-electron chi connectivity index (χ2n) is 7.99. The molecule has 1 saturated heterocycles. The fourth-order valence-electron chi connectivity index (χ4n) is 3.78. The van der Waals surface area contributed by atoms with E-state index >= 15 is 0 Å². The lowest BCUT2D eigenvalue weighted by Crippen LogP contribution is -2.38. The average molecular weight is 444 g/mol. The van der Waals surface area contributed by atoms with Crippen LogP contribution < -0.4 is 10.0 Å². The molecule has 0 bridgehead atoms. The average Bonchev–Trinajstić information content (AvgIpc) is 3.14. The van der Waals surface area contributed by atoms with Crippen LogP contribution in [0.2, 0.25) is 0 Å². The molecule has 2 aromatic rings. The van der Waals surface area contributed by atoms with Gasteiger partial charge in [0.1, 0.15) is 0 Å². The zero-order valence-corrected chi connectivity index (χ0v) is 18.9. The minimum Gasteiger partial charge on any atom is -0.354 e.